The minimum absolute atomic E-state index is 0.255. The number of ether oxygens (including phenoxy) is 3. The first-order valence-electron chi connectivity index (χ1n) is 4.34. The van der Waals surface area contributed by atoms with E-state index in [0.717, 1.165) is 13.0 Å². The van der Waals surface area contributed by atoms with Crippen LogP contribution in [0, 0.1) is 5.92 Å². The van der Waals surface area contributed by atoms with Crippen LogP contribution in [0.3, 0.4) is 0 Å². The topological polar surface area (TPSA) is 27.7 Å². The molecule has 72 valence electrons. The Hall–Kier alpha value is -0.120. The summed E-state index contributed by atoms with van der Waals surface area (Å²) in [5, 5.41) is 0. The molecule has 0 aromatic carbocycles. The Kier molecular flexibility index (Phi) is 3.09. The first-order chi connectivity index (χ1) is 5.65. The largest absolute Gasteiger partial charge is 0.370 e. The molecule has 0 radical (unpaired) electrons. The molecule has 12 heavy (non-hydrogen) atoms. The van der Waals surface area contributed by atoms with Crippen molar-refractivity contribution in [2.75, 3.05) is 20.8 Å². The van der Waals surface area contributed by atoms with E-state index in [0.29, 0.717) is 5.92 Å². The Morgan fingerprint density at radius 1 is 1.42 bits per heavy atom. The summed E-state index contributed by atoms with van der Waals surface area (Å²) in [4.78, 5) is 0. The van der Waals surface area contributed by atoms with Gasteiger partial charge < -0.3 is 14.2 Å². The molecule has 0 amide bonds. The second-order valence-corrected chi connectivity index (χ2v) is 3.53. The molecule has 0 aromatic heterocycles. The van der Waals surface area contributed by atoms with Crippen molar-refractivity contribution in [1.29, 1.82) is 0 Å². The van der Waals surface area contributed by atoms with Crippen LogP contribution in [0.25, 0.3) is 0 Å². The Morgan fingerprint density at radius 3 is 2.33 bits per heavy atom. The lowest BCUT2D eigenvalue weighted by Crippen LogP contribution is -2.45. The van der Waals surface area contributed by atoms with Gasteiger partial charge in [0, 0.05) is 20.8 Å². The summed E-state index contributed by atoms with van der Waals surface area (Å²) in [6, 6.07) is 0. The van der Waals surface area contributed by atoms with Crippen molar-refractivity contribution in [3.05, 3.63) is 0 Å². The summed E-state index contributed by atoms with van der Waals surface area (Å²) in [5.74, 6) is 0.488. The van der Waals surface area contributed by atoms with Crippen LogP contribution in [0.2, 0.25) is 0 Å². The third-order valence-corrected chi connectivity index (χ3v) is 2.84. The summed E-state index contributed by atoms with van der Waals surface area (Å²) in [5.41, 5.74) is -0.274. The second-order valence-electron chi connectivity index (χ2n) is 3.53. The van der Waals surface area contributed by atoms with Crippen LogP contribution in [-0.2, 0) is 14.2 Å². The van der Waals surface area contributed by atoms with E-state index in [1.807, 2.05) is 6.92 Å². The maximum absolute atomic E-state index is 5.65. The van der Waals surface area contributed by atoms with Gasteiger partial charge in [0.25, 0.3) is 0 Å². The summed E-state index contributed by atoms with van der Waals surface area (Å²) in [7, 11) is 3.29. The molecule has 0 saturated carbocycles. The fourth-order valence-corrected chi connectivity index (χ4v) is 1.75. The van der Waals surface area contributed by atoms with Crippen molar-refractivity contribution in [3.63, 3.8) is 0 Å². The van der Waals surface area contributed by atoms with Crippen molar-refractivity contribution in [1.82, 2.24) is 0 Å². The van der Waals surface area contributed by atoms with Gasteiger partial charge >= 0.3 is 0 Å². The zero-order valence-electron chi connectivity index (χ0n) is 8.29. The highest BCUT2D eigenvalue weighted by Crippen LogP contribution is 2.35. The van der Waals surface area contributed by atoms with Crippen molar-refractivity contribution in [2.24, 2.45) is 5.92 Å². The van der Waals surface area contributed by atoms with Gasteiger partial charge in [-0.2, -0.15) is 0 Å². The van der Waals surface area contributed by atoms with E-state index in [4.69, 9.17) is 14.2 Å². The fraction of sp³-hybridized carbons (Fsp3) is 1.00. The van der Waals surface area contributed by atoms with Gasteiger partial charge in [0.2, 0.25) is 0 Å². The second kappa shape index (κ2) is 3.73. The van der Waals surface area contributed by atoms with E-state index in [2.05, 4.69) is 6.92 Å². The average molecular weight is 174 g/mol. The van der Waals surface area contributed by atoms with E-state index >= 15 is 0 Å². The molecule has 2 atom stereocenters. The predicted molar refractivity (Wildman–Crippen MR) is 45.9 cm³/mol. The molecule has 0 bridgehead atoms. The SMILES string of the molecule is COC(OC)[C@]1(C)OCC[C@H]1C. The van der Waals surface area contributed by atoms with Crippen LogP contribution in [0.15, 0.2) is 0 Å². The first kappa shape index (κ1) is 9.96. The van der Waals surface area contributed by atoms with E-state index in [-0.39, 0.29) is 11.9 Å². The van der Waals surface area contributed by atoms with Gasteiger partial charge in [-0.1, -0.05) is 6.92 Å². The van der Waals surface area contributed by atoms with E-state index in [1.165, 1.54) is 0 Å². The van der Waals surface area contributed by atoms with E-state index in [1.54, 1.807) is 14.2 Å². The Morgan fingerprint density at radius 2 is 2.00 bits per heavy atom. The molecule has 1 aliphatic rings. The van der Waals surface area contributed by atoms with Crippen molar-refractivity contribution in [2.45, 2.75) is 32.2 Å². The van der Waals surface area contributed by atoms with E-state index in [9.17, 15) is 0 Å². The van der Waals surface area contributed by atoms with Crippen LogP contribution in [-0.4, -0.2) is 32.7 Å². The fourth-order valence-electron chi connectivity index (χ4n) is 1.75. The quantitative estimate of drug-likeness (QED) is 0.606. The summed E-state index contributed by atoms with van der Waals surface area (Å²) in [6.07, 6.45) is 0.828. The minimum atomic E-state index is -0.274. The lowest BCUT2D eigenvalue weighted by molar-refractivity contribution is -0.222. The maximum Gasteiger partial charge on any atom is 0.185 e. The third-order valence-electron chi connectivity index (χ3n) is 2.84. The smallest absolute Gasteiger partial charge is 0.185 e. The van der Waals surface area contributed by atoms with Gasteiger partial charge in [-0.05, 0) is 19.3 Å². The molecule has 1 saturated heterocycles. The molecule has 3 nitrogen and oxygen atoms in total. The van der Waals surface area contributed by atoms with Crippen molar-refractivity contribution >= 4 is 0 Å². The molecule has 1 heterocycles. The highest BCUT2D eigenvalue weighted by atomic mass is 16.7. The highest BCUT2D eigenvalue weighted by Gasteiger charge is 2.44. The standard InChI is InChI=1S/C9H18O3/c1-7-5-6-12-9(7,2)8(10-3)11-4/h7-8H,5-6H2,1-4H3/t7-,9-/m1/s1. The van der Waals surface area contributed by atoms with Gasteiger partial charge in [0.05, 0.1) is 0 Å². The lowest BCUT2D eigenvalue weighted by Gasteiger charge is -2.34. The van der Waals surface area contributed by atoms with Crippen LogP contribution >= 0.6 is 0 Å². The van der Waals surface area contributed by atoms with E-state index < -0.39 is 0 Å². The Bertz CT molecular complexity index is 145. The molecule has 1 rings (SSSR count). The number of hydrogen-bond acceptors (Lipinski definition) is 3. The van der Waals surface area contributed by atoms with Gasteiger partial charge in [-0.15, -0.1) is 0 Å². The van der Waals surface area contributed by atoms with Crippen LogP contribution in [0.4, 0.5) is 0 Å². The molecule has 1 fully saturated rings. The zero-order valence-corrected chi connectivity index (χ0v) is 8.29. The molecule has 3 heteroatoms. The number of methoxy groups -OCH3 is 2. The van der Waals surface area contributed by atoms with Gasteiger partial charge in [-0.25, -0.2) is 0 Å². The molecular formula is C9H18O3. The van der Waals surface area contributed by atoms with Crippen molar-refractivity contribution in [3.8, 4) is 0 Å². The third kappa shape index (κ3) is 1.49. The summed E-state index contributed by atoms with van der Waals surface area (Å²) in [6.45, 7) is 5.02. The molecule has 0 spiro atoms. The molecule has 0 aromatic rings. The number of rotatable bonds is 3. The van der Waals surface area contributed by atoms with Gasteiger partial charge in [0.1, 0.15) is 5.60 Å². The Labute approximate surface area is 74.0 Å². The van der Waals surface area contributed by atoms with Crippen molar-refractivity contribution < 1.29 is 14.2 Å². The van der Waals surface area contributed by atoms with Gasteiger partial charge in [0.15, 0.2) is 6.29 Å². The molecule has 1 aliphatic heterocycles. The summed E-state index contributed by atoms with van der Waals surface area (Å²) < 4.78 is 16.1. The summed E-state index contributed by atoms with van der Waals surface area (Å²) >= 11 is 0. The van der Waals surface area contributed by atoms with Crippen LogP contribution in [0.1, 0.15) is 20.3 Å². The number of hydrogen-bond donors (Lipinski definition) is 0. The zero-order chi connectivity index (χ0) is 9.19. The molecule has 0 unspecified atom stereocenters. The molecular weight excluding hydrogens is 156 g/mol. The predicted octanol–water partition coefficient (Wildman–Crippen LogP) is 1.42. The Balaban J connectivity index is 2.67. The normalized spacial score (nSPS) is 36.2. The van der Waals surface area contributed by atoms with Gasteiger partial charge in [-0.3, -0.25) is 0 Å². The van der Waals surface area contributed by atoms with Crippen LogP contribution in [0.5, 0.6) is 0 Å². The maximum atomic E-state index is 5.65. The lowest BCUT2D eigenvalue weighted by atomic mass is 9.90. The highest BCUT2D eigenvalue weighted by molar-refractivity contribution is 4.89. The minimum Gasteiger partial charge on any atom is -0.370 e. The first-order valence-corrected chi connectivity index (χ1v) is 4.34. The van der Waals surface area contributed by atoms with Crippen LogP contribution < -0.4 is 0 Å². The molecule has 0 N–H and O–H groups in total. The monoisotopic (exact) mass is 174 g/mol. The average Bonchev–Trinajstić information content (AvgIpc) is 2.36. The molecule has 0 aliphatic carbocycles.